The van der Waals surface area contributed by atoms with E-state index in [1.54, 1.807) is 23.1 Å². The van der Waals surface area contributed by atoms with E-state index in [4.69, 9.17) is 0 Å². The summed E-state index contributed by atoms with van der Waals surface area (Å²) in [5.74, 6) is -0.397. The van der Waals surface area contributed by atoms with Gasteiger partial charge in [0.2, 0.25) is 0 Å². The number of nitrogens with one attached hydrogen (secondary N) is 1. The lowest BCUT2D eigenvalue weighted by Crippen LogP contribution is -2.28. The monoisotopic (exact) mass is 270 g/mol. The van der Waals surface area contributed by atoms with Gasteiger partial charge in [-0.2, -0.15) is 0 Å². The molecule has 0 unspecified atom stereocenters. The van der Waals surface area contributed by atoms with Crippen LogP contribution in [0.15, 0.2) is 42.5 Å². The van der Waals surface area contributed by atoms with E-state index < -0.39 is 0 Å². The molecule has 0 radical (unpaired) electrons. The van der Waals surface area contributed by atoms with Crippen LogP contribution in [-0.4, -0.2) is 19.5 Å². The molecule has 1 aliphatic heterocycles. The molecule has 1 amide bonds. The average molecular weight is 270 g/mol. The van der Waals surface area contributed by atoms with Crippen LogP contribution in [0.2, 0.25) is 0 Å². The fourth-order valence-corrected chi connectivity index (χ4v) is 2.50. The molecule has 2 aromatic rings. The van der Waals surface area contributed by atoms with Crippen LogP contribution in [0.25, 0.3) is 0 Å². The van der Waals surface area contributed by atoms with Crippen LogP contribution in [0.5, 0.6) is 0 Å². The Morgan fingerprint density at radius 1 is 1.20 bits per heavy atom. The first-order valence-corrected chi connectivity index (χ1v) is 6.57. The predicted molar refractivity (Wildman–Crippen MR) is 77.8 cm³/mol. The predicted octanol–water partition coefficient (Wildman–Crippen LogP) is 3.07. The third-order valence-electron chi connectivity index (χ3n) is 3.61. The van der Waals surface area contributed by atoms with Gasteiger partial charge in [0.25, 0.3) is 5.91 Å². The van der Waals surface area contributed by atoms with E-state index in [9.17, 15) is 9.18 Å². The standard InChI is InChI=1S/C16H15FN2O/c1-18-14-6-3-12(4-7-14)16(20)19-9-8-11-2-5-13(17)10-15(11)19/h2-7,10,18H,8-9H2,1H3. The molecule has 20 heavy (non-hydrogen) atoms. The van der Waals surface area contributed by atoms with Gasteiger partial charge in [0.05, 0.1) is 5.69 Å². The first-order chi connectivity index (χ1) is 9.69. The van der Waals surface area contributed by atoms with Crippen molar-refractivity contribution in [2.24, 2.45) is 0 Å². The molecule has 0 spiro atoms. The highest BCUT2D eigenvalue weighted by Crippen LogP contribution is 2.30. The number of hydrogen-bond acceptors (Lipinski definition) is 2. The number of hydrogen-bond donors (Lipinski definition) is 1. The molecule has 0 bridgehead atoms. The van der Waals surface area contributed by atoms with E-state index in [0.29, 0.717) is 17.8 Å². The zero-order chi connectivity index (χ0) is 14.1. The Morgan fingerprint density at radius 2 is 1.95 bits per heavy atom. The minimum atomic E-state index is -0.311. The van der Waals surface area contributed by atoms with Crippen LogP contribution in [0, 0.1) is 5.82 Å². The van der Waals surface area contributed by atoms with Crippen molar-refractivity contribution in [3.05, 3.63) is 59.4 Å². The molecule has 2 aromatic carbocycles. The quantitative estimate of drug-likeness (QED) is 0.909. The number of rotatable bonds is 2. The van der Waals surface area contributed by atoms with Gasteiger partial charge in [0.15, 0.2) is 0 Å². The average Bonchev–Trinajstić information content (AvgIpc) is 2.89. The number of halogens is 1. The Balaban J connectivity index is 1.91. The van der Waals surface area contributed by atoms with Gasteiger partial charge in [-0.25, -0.2) is 4.39 Å². The van der Waals surface area contributed by atoms with Crippen molar-refractivity contribution in [1.82, 2.24) is 0 Å². The first kappa shape index (κ1) is 12.7. The summed E-state index contributed by atoms with van der Waals surface area (Å²) in [4.78, 5) is 14.1. The van der Waals surface area contributed by atoms with Crippen molar-refractivity contribution < 1.29 is 9.18 Å². The van der Waals surface area contributed by atoms with Crippen LogP contribution in [0.4, 0.5) is 15.8 Å². The first-order valence-electron chi connectivity index (χ1n) is 6.57. The molecular formula is C16H15FN2O. The van der Waals surface area contributed by atoms with E-state index in [1.165, 1.54) is 12.1 Å². The van der Waals surface area contributed by atoms with Crippen molar-refractivity contribution >= 4 is 17.3 Å². The van der Waals surface area contributed by atoms with E-state index in [2.05, 4.69) is 5.32 Å². The molecule has 0 atom stereocenters. The number of anilines is 2. The molecular weight excluding hydrogens is 255 g/mol. The SMILES string of the molecule is CNc1ccc(C(=O)N2CCc3ccc(F)cc32)cc1. The van der Waals surface area contributed by atoms with Crippen LogP contribution in [0.1, 0.15) is 15.9 Å². The van der Waals surface area contributed by atoms with Crippen molar-refractivity contribution in [2.45, 2.75) is 6.42 Å². The van der Waals surface area contributed by atoms with Gasteiger partial charge in [-0.3, -0.25) is 4.79 Å². The molecule has 3 nitrogen and oxygen atoms in total. The highest BCUT2D eigenvalue weighted by Gasteiger charge is 2.25. The second kappa shape index (κ2) is 4.96. The van der Waals surface area contributed by atoms with E-state index in [-0.39, 0.29) is 11.7 Å². The van der Waals surface area contributed by atoms with Crippen LogP contribution in [-0.2, 0) is 6.42 Å². The molecule has 102 valence electrons. The summed E-state index contributed by atoms with van der Waals surface area (Å²) in [6.07, 6.45) is 0.774. The Morgan fingerprint density at radius 3 is 2.65 bits per heavy atom. The minimum absolute atomic E-state index is 0.0861. The van der Waals surface area contributed by atoms with Crippen molar-refractivity contribution in [3.8, 4) is 0 Å². The smallest absolute Gasteiger partial charge is 0.258 e. The molecule has 0 saturated heterocycles. The molecule has 0 saturated carbocycles. The maximum absolute atomic E-state index is 13.4. The summed E-state index contributed by atoms with van der Waals surface area (Å²) < 4.78 is 13.4. The molecule has 3 rings (SSSR count). The highest BCUT2D eigenvalue weighted by molar-refractivity contribution is 6.07. The molecule has 0 aromatic heterocycles. The second-order valence-electron chi connectivity index (χ2n) is 4.81. The van der Waals surface area contributed by atoms with E-state index in [0.717, 1.165) is 17.7 Å². The minimum Gasteiger partial charge on any atom is -0.388 e. The number of carbonyl (C=O) groups is 1. The van der Waals surface area contributed by atoms with Crippen molar-refractivity contribution in [2.75, 3.05) is 23.8 Å². The van der Waals surface area contributed by atoms with Crippen LogP contribution >= 0.6 is 0 Å². The Labute approximate surface area is 117 Å². The largest absolute Gasteiger partial charge is 0.388 e. The number of carbonyl (C=O) groups excluding carboxylic acids is 1. The molecule has 0 fully saturated rings. The van der Waals surface area contributed by atoms with Crippen molar-refractivity contribution in [1.29, 1.82) is 0 Å². The molecule has 1 heterocycles. The number of fused-ring (bicyclic) bond motifs is 1. The summed E-state index contributed by atoms with van der Waals surface area (Å²) in [5, 5.41) is 3.01. The van der Waals surface area contributed by atoms with Gasteiger partial charge >= 0.3 is 0 Å². The molecule has 0 aliphatic carbocycles. The summed E-state index contributed by atoms with van der Waals surface area (Å²) in [6, 6.07) is 11.9. The third kappa shape index (κ3) is 2.13. The van der Waals surface area contributed by atoms with Gasteiger partial charge in [0.1, 0.15) is 5.82 Å². The topological polar surface area (TPSA) is 32.3 Å². The van der Waals surface area contributed by atoms with Crippen LogP contribution in [0.3, 0.4) is 0 Å². The highest BCUT2D eigenvalue weighted by atomic mass is 19.1. The fraction of sp³-hybridized carbons (Fsp3) is 0.188. The molecule has 1 aliphatic rings. The maximum Gasteiger partial charge on any atom is 0.258 e. The lowest BCUT2D eigenvalue weighted by molar-refractivity contribution is 0.0989. The fourth-order valence-electron chi connectivity index (χ4n) is 2.50. The second-order valence-corrected chi connectivity index (χ2v) is 4.81. The lowest BCUT2D eigenvalue weighted by atomic mass is 10.1. The Hall–Kier alpha value is -2.36. The van der Waals surface area contributed by atoms with Gasteiger partial charge in [0, 0.05) is 24.8 Å². The number of amides is 1. The number of benzene rings is 2. The zero-order valence-electron chi connectivity index (χ0n) is 11.2. The maximum atomic E-state index is 13.4. The van der Waals surface area contributed by atoms with Gasteiger partial charge < -0.3 is 10.2 Å². The Kier molecular flexibility index (Phi) is 3.14. The number of nitrogens with zero attached hydrogens (tertiary/aromatic N) is 1. The lowest BCUT2D eigenvalue weighted by Gasteiger charge is -2.17. The van der Waals surface area contributed by atoms with Gasteiger partial charge in [-0.1, -0.05) is 6.07 Å². The Bertz CT molecular complexity index is 652. The summed E-state index contributed by atoms with van der Waals surface area (Å²) in [5.41, 5.74) is 3.27. The summed E-state index contributed by atoms with van der Waals surface area (Å²) in [7, 11) is 1.83. The molecule has 1 N–H and O–H groups in total. The molecule has 4 heteroatoms. The summed E-state index contributed by atoms with van der Waals surface area (Å²) >= 11 is 0. The summed E-state index contributed by atoms with van der Waals surface area (Å²) in [6.45, 7) is 0.603. The third-order valence-corrected chi connectivity index (χ3v) is 3.61. The van der Waals surface area contributed by atoms with Crippen LogP contribution < -0.4 is 10.2 Å². The zero-order valence-corrected chi connectivity index (χ0v) is 11.2. The normalized spacial score (nSPS) is 13.2. The van der Waals surface area contributed by atoms with Gasteiger partial charge in [-0.15, -0.1) is 0 Å². The van der Waals surface area contributed by atoms with E-state index >= 15 is 0 Å². The van der Waals surface area contributed by atoms with Crippen molar-refractivity contribution in [3.63, 3.8) is 0 Å². The van der Waals surface area contributed by atoms with E-state index in [1.807, 2.05) is 19.2 Å². The van der Waals surface area contributed by atoms with Gasteiger partial charge in [-0.05, 0) is 48.4 Å².